The summed E-state index contributed by atoms with van der Waals surface area (Å²) in [6.07, 6.45) is 5.46. The van der Waals surface area contributed by atoms with Crippen LogP contribution in [0.1, 0.15) is 22.3 Å². The summed E-state index contributed by atoms with van der Waals surface area (Å²) in [5.74, 6) is 1.14. The van der Waals surface area contributed by atoms with E-state index in [1.54, 1.807) is 12.4 Å². The van der Waals surface area contributed by atoms with Gasteiger partial charge in [0, 0.05) is 35.8 Å². The Hall–Kier alpha value is -4.99. The molecule has 0 unspecified atom stereocenters. The largest absolute Gasteiger partial charge is 2.00 e. The molecule has 0 fully saturated rings. The Balaban J connectivity index is 0.00000325. The van der Waals surface area contributed by atoms with Gasteiger partial charge in [-0.15, -0.1) is 23.8 Å². The molecule has 7 aromatic rings. The Kier molecular flexibility index (Phi) is 7.79. The van der Waals surface area contributed by atoms with Crippen molar-refractivity contribution in [3.05, 3.63) is 193 Å². The Bertz CT molecular complexity index is 2010. The molecular formula is C39H26BN3OPt. The van der Waals surface area contributed by atoms with Gasteiger partial charge >= 0.3 is 21.1 Å². The topological polar surface area (TPSA) is 39.9 Å². The molecule has 1 aliphatic heterocycles. The van der Waals surface area contributed by atoms with Gasteiger partial charge in [-0.05, 0) is 34.5 Å². The summed E-state index contributed by atoms with van der Waals surface area (Å²) in [6.45, 7) is -0.149. The van der Waals surface area contributed by atoms with Crippen LogP contribution in [-0.2, 0) is 26.5 Å². The van der Waals surface area contributed by atoms with Crippen LogP contribution >= 0.6 is 0 Å². The van der Waals surface area contributed by atoms with Gasteiger partial charge in [-0.25, -0.2) is 4.98 Å². The van der Waals surface area contributed by atoms with Gasteiger partial charge in [0.1, 0.15) is 0 Å². The Labute approximate surface area is 277 Å². The number of aromatic nitrogens is 3. The number of fused-ring (bicyclic) bond motifs is 2. The van der Waals surface area contributed by atoms with E-state index in [0.717, 1.165) is 22.2 Å². The predicted octanol–water partition coefficient (Wildman–Crippen LogP) is 5.87. The van der Waals surface area contributed by atoms with Crippen LogP contribution in [0.3, 0.4) is 0 Å². The van der Waals surface area contributed by atoms with E-state index in [1.165, 1.54) is 22.2 Å². The van der Waals surface area contributed by atoms with E-state index in [4.69, 9.17) is 4.74 Å². The maximum atomic E-state index is 6.29. The Morgan fingerprint density at radius 1 is 0.622 bits per heavy atom. The number of ether oxygens (including phenoxy) is 1. The predicted molar refractivity (Wildman–Crippen MR) is 175 cm³/mol. The number of nitrogens with zero attached hydrogens (tertiary/aromatic N) is 3. The third kappa shape index (κ3) is 4.94. The zero-order valence-corrected chi connectivity index (χ0v) is 26.4. The van der Waals surface area contributed by atoms with Crippen LogP contribution in [0.2, 0.25) is 0 Å². The van der Waals surface area contributed by atoms with E-state index < -0.39 is 5.41 Å². The average Bonchev–Trinajstić information content (AvgIpc) is 3.64. The standard InChI is InChI=1S/C39H26BN3O.Pt/c1-3-13-29(14-4-1)39(30-15-5-2-6-16-30)34-19-7-8-20-36(34)40(31-17-11-18-32(27-31)43-26-12-25-42-43)37-28-33(22-23-35(37)39)44-38-21-9-10-24-41-38;/h1-26H;/q-2;+2. The van der Waals surface area contributed by atoms with Crippen molar-refractivity contribution in [3.8, 4) is 17.3 Å². The summed E-state index contributed by atoms with van der Waals surface area (Å²) < 4.78 is 8.14. The van der Waals surface area contributed by atoms with Gasteiger partial charge in [0.05, 0.1) is 0 Å². The summed E-state index contributed by atoms with van der Waals surface area (Å²) in [4.78, 5) is 4.40. The van der Waals surface area contributed by atoms with Crippen LogP contribution in [-0.4, -0.2) is 21.5 Å². The Morgan fingerprint density at radius 2 is 1.36 bits per heavy atom. The van der Waals surface area contributed by atoms with Gasteiger partial charge in [-0.1, -0.05) is 96.5 Å². The minimum Gasteiger partial charge on any atom is -0.466 e. The van der Waals surface area contributed by atoms with Crippen molar-refractivity contribution in [1.29, 1.82) is 0 Å². The van der Waals surface area contributed by atoms with E-state index >= 15 is 0 Å². The molecule has 3 heterocycles. The fourth-order valence-electron chi connectivity index (χ4n) is 6.69. The summed E-state index contributed by atoms with van der Waals surface area (Å²) in [5.41, 5.74) is 8.36. The molecule has 0 atom stereocenters. The molecule has 6 heteroatoms. The van der Waals surface area contributed by atoms with Gasteiger partial charge in [0.25, 0.3) is 0 Å². The summed E-state index contributed by atoms with van der Waals surface area (Å²) in [7, 11) is 0. The summed E-state index contributed by atoms with van der Waals surface area (Å²) in [5, 5.41) is 4.48. The first-order valence-corrected chi connectivity index (χ1v) is 14.7. The number of hydrogen-bond donors (Lipinski definition) is 0. The van der Waals surface area contributed by atoms with E-state index in [2.05, 4.69) is 125 Å². The minimum absolute atomic E-state index is 0. The number of rotatable bonds is 6. The van der Waals surface area contributed by atoms with E-state index in [9.17, 15) is 0 Å². The van der Waals surface area contributed by atoms with Crippen LogP contribution in [0.5, 0.6) is 11.6 Å². The SMILES string of the molecule is [Pt+2].[c-]1c(B2c3[c-]c(Oc4ccccn4)ccc3C(c3ccccc3)(c3ccccc3)c3ccccc32)cccc1-n1cccn1. The van der Waals surface area contributed by atoms with Gasteiger partial charge in [-0.3, -0.25) is 4.68 Å². The van der Waals surface area contributed by atoms with Crippen molar-refractivity contribution >= 4 is 23.1 Å². The maximum absolute atomic E-state index is 6.29. The molecule has 45 heavy (non-hydrogen) atoms. The van der Waals surface area contributed by atoms with Crippen molar-refractivity contribution < 1.29 is 25.8 Å². The first kappa shape index (κ1) is 28.8. The zero-order valence-electron chi connectivity index (χ0n) is 24.2. The molecule has 5 aromatic carbocycles. The van der Waals surface area contributed by atoms with E-state index in [1.807, 2.05) is 47.3 Å². The first-order chi connectivity index (χ1) is 21.8. The van der Waals surface area contributed by atoms with Gasteiger partial charge in [0.15, 0.2) is 6.71 Å². The van der Waals surface area contributed by atoms with Crippen LogP contribution < -0.4 is 21.1 Å². The number of hydrogen-bond acceptors (Lipinski definition) is 3. The minimum atomic E-state index is -0.579. The van der Waals surface area contributed by atoms with Crippen molar-refractivity contribution in [2.45, 2.75) is 5.41 Å². The molecule has 0 saturated heterocycles. The smallest absolute Gasteiger partial charge is 0.466 e. The molecule has 0 saturated carbocycles. The fourth-order valence-corrected chi connectivity index (χ4v) is 6.69. The van der Waals surface area contributed by atoms with Crippen molar-refractivity contribution in [2.24, 2.45) is 0 Å². The van der Waals surface area contributed by atoms with Crippen LogP contribution in [0, 0.1) is 12.1 Å². The van der Waals surface area contributed by atoms with Crippen molar-refractivity contribution in [3.63, 3.8) is 0 Å². The molecule has 216 valence electrons. The van der Waals surface area contributed by atoms with Crippen LogP contribution in [0.4, 0.5) is 0 Å². The molecule has 2 aromatic heterocycles. The van der Waals surface area contributed by atoms with Crippen molar-refractivity contribution in [2.75, 3.05) is 0 Å². The maximum Gasteiger partial charge on any atom is 2.00 e. The molecular weight excluding hydrogens is 732 g/mol. The molecule has 1 aliphatic rings. The van der Waals surface area contributed by atoms with Gasteiger partial charge in [-0.2, -0.15) is 40.3 Å². The second-order valence-corrected chi connectivity index (χ2v) is 10.9. The average molecular weight is 759 g/mol. The second kappa shape index (κ2) is 12.2. The molecule has 0 amide bonds. The van der Waals surface area contributed by atoms with Crippen molar-refractivity contribution in [1.82, 2.24) is 14.8 Å². The van der Waals surface area contributed by atoms with Gasteiger partial charge < -0.3 is 4.74 Å². The number of benzene rings is 5. The van der Waals surface area contributed by atoms with Gasteiger partial charge in [0.2, 0.25) is 5.88 Å². The number of pyridine rings is 1. The second-order valence-electron chi connectivity index (χ2n) is 10.9. The van der Waals surface area contributed by atoms with E-state index in [0.29, 0.717) is 11.6 Å². The Morgan fingerprint density at radius 3 is 2.07 bits per heavy atom. The molecule has 0 aliphatic carbocycles. The van der Waals surface area contributed by atoms with Crippen LogP contribution in [0.15, 0.2) is 158 Å². The third-order valence-electron chi connectivity index (χ3n) is 8.45. The molecule has 0 radical (unpaired) electrons. The molecule has 0 bridgehead atoms. The summed E-state index contributed by atoms with van der Waals surface area (Å²) >= 11 is 0. The molecule has 0 N–H and O–H groups in total. The zero-order chi connectivity index (χ0) is 29.3. The normalized spacial score (nSPS) is 12.8. The molecule has 8 rings (SSSR count). The summed E-state index contributed by atoms with van der Waals surface area (Å²) in [6, 6.07) is 55.9. The van der Waals surface area contributed by atoms with Crippen LogP contribution in [0.25, 0.3) is 5.69 Å². The first-order valence-electron chi connectivity index (χ1n) is 14.7. The monoisotopic (exact) mass is 758 g/mol. The fraction of sp³-hybridized carbons (Fsp3) is 0.0256. The third-order valence-corrected chi connectivity index (χ3v) is 8.45. The van der Waals surface area contributed by atoms with E-state index in [-0.39, 0.29) is 27.8 Å². The molecule has 4 nitrogen and oxygen atoms in total. The quantitative estimate of drug-likeness (QED) is 0.158. The molecule has 0 spiro atoms.